The number of hydrogen-bond donors (Lipinski definition) is 0. The first-order valence-corrected chi connectivity index (χ1v) is 5.16. The summed E-state index contributed by atoms with van der Waals surface area (Å²) in [5.74, 6) is -2.46. The Balaban J connectivity index is 3.24. The molecular weight excluding hydrogens is 320 g/mol. The van der Waals surface area contributed by atoms with Crippen LogP contribution in [0, 0.1) is 5.82 Å². The first-order chi connectivity index (χ1) is 7.74. The molecule has 2 nitrogen and oxygen atoms in total. The van der Waals surface area contributed by atoms with Crippen molar-refractivity contribution in [3.63, 3.8) is 0 Å². The number of rotatable bonds is 3. The average molecular weight is 324 g/mol. The van der Waals surface area contributed by atoms with Crippen LogP contribution < -0.4 is 4.74 Å². The summed E-state index contributed by atoms with van der Waals surface area (Å²) in [7, 11) is 0. The highest BCUT2D eigenvalue weighted by Gasteiger charge is 2.34. The minimum absolute atomic E-state index is 0.346. The second-order valence-corrected chi connectivity index (χ2v) is 3.36. The molecule has 96 valence electrons. The molecular formula is C8H4BrF6NO. The fourth-order valence-electron chi connectivity index (χ4n) is 0.963. The summed E-state index contributed by atoms with van der Waals surface area (Å²) >= 11 is 2.71. The minimum Gasteiger partial charge on any atom is -0.387 e. The normalized spacial score (nSPS) is 12.0. The Morgan fingerprint density at radius 1 is 1.35 bits per heavy atom. The van der Waals surface area contributed by atoms with Gasteiger partial charge in [-0.15, -0.1) is 13.2 Å². The molecule has 0 atom stereocenters. The summed E-state index contributed by atoms with van der Waals surface area (Å²) in [4.78, 5) is 2.93. The Bertz CT molecular complexity index is 408. The van der Waals surface area contributed by atoms with E-state index in [1.165, 1.54) is 0 Å². The van der Waals surface area contributed by atoms with E-state index in [4.69, 9.17) is 0 Å². The molecule has 0 saturated heterocycles. The molecule has 0 aliphatic rings. The lowest BCUT2D eigenvalue weighted by Crippen LogP contribution is -2.20. The third-order valence-electron chi connectivity index (χ3n) is 1.62. The largest absolute Gasteiger partial charge is 0.574 e. The van der Waals surface area contributed by atoms with E-state index in [0.717, 1.165) is 0 Å². The van der Waals surface area contributed by atoms with Crippen LogP contribution >= 0.6 is 15.9 Å². The predicted octanol–water partition coefficient (Wildman–Crippen LogP) is 3.95. The summed E-state index contributed by atoms with van der Waals surface area (Å²) in [6, 6.07) is 0.366. The van der Waals surface area contributed by atoms with Gasteiger partial charge in [-0.05, 0) is 0 Å². The fourth-order valence-corrected chi connectivity index (χ4v) is 1.47. The van der Waals surface area contributed by atoms with Crippen molar-refractivity contribution < 1.29 is 31.1 Å². The quantitative estimate of drug-likeness (QED) is 0.620. The summed E-state index contributed by atoms with van der Waals surface area (Å²) in [5.41, 5.74) is -1.70. The van der Waals surface area contributed by atoms with E-state index in [1.54, 1.807) is 0 Å². The van der Waals surface area contributed by atoms with Crippen molar-refractivity contribution in [1.29, 1.82) is 0 Å². The SMILES string of the molecule is Fc1cc(C(F)F)nc(OC(F)(F)F)c1CBr. The lowest BCUT2D eigenvalue weighted by Gasteiger charge is -2.12. The number of hydrogen-bond acceptors (Lipinski definition) is 2. The van der Waals surface area contributed by atoms with Crippen molar-refractivity contribution in [3.8, 4) is 5.88 Å². The lowest BCUT2D eigenvalue weighted by molar-refractivity contribution is -0.276. The third-order valence-corrected chi connectivity index (χ3v) is 2.18. The van der Waals surface area contributed by atoms with E-state index < -0.39 is 35.7 Å². The van der Waals surface area contributed by atoms with Crippen LogP contribution in [0.25, 0.3) is 0 Å². The highest BCUT2D eigenvalue weighted by Crippen LogP contribution is 2.30. The minimum atomic E-state index is -5.13. The second-order valence-electron chi connectivity index (χ2n) is 2.79. The molecule has 0 N–H and O–H groups in total. The zero-order valence-corrected chi connectivity index (χ0v) is 9.45. The van der Waals surface area contributed by atoms with Crippen molar-refractivity contribution in [2.75, 3.05) is 0 Å². The van der Waals surface area contributed by atoms with E-state index in [2.05, 4.69) is 25.7 Å². The summed E-state index contributed by atoms with van der Waals surface area (Å²) in [6.45, 7) is 0. The lowest BCUT2D eigenvalue weighted by atomic mass is 10.2. The van der Waals surface area contributed by atoms with Crippen LogP contribution in [0.2, 0.25) is 0 Å². The molecule has 0 radical (unpaired) electrons. The van der Waals surface area contributed by atoms with Crippen LogP contribution in [-0.2, 0) is 5.33 Å². The number of nitrogens with zero attached hydrogens (tertiary/aromatic N) is 1. The summed E-state index contributed by atoms with van der Waals surface area (Å²) in [5, 5.41) is -0.346. The van der Waals surface area contributed by atoms with Crippen LogP contribution in [0.4, 0.5) is 26.3 Å². The molecule has 1 aromatic rings. The number of halogens is 7. The maximum atomic E-state index is 13.2. The number of ether oxygens (including phenoxy) is 1. The molecule has 0 aliphatic carbocycles. The van der Waals surface area contributed by atoms with Crippen molar-refractivity contribution in [2.45, 2.75) is 18.1 Å². The Hall–Kier alpha value is -0.990. The van der Waals surface area contributed by atoms with E-state index in [1.807, 2.05) is 0 Å². The first-order valence-electron chi connectivity index (χ1n) is 4.03. The van der Waals surface area contributed by atoms with E-state index in [9.17, 15) is 26.3 Å². The van der Waals surface area contributed by atoms with Crippen LogP contribution in [0.15, 0.2) is 6.07 Å². The van der Waals surface area contributed by atoms with Gasteiger partial charge in [0.2, 0.25) is 5.88 Å². The monoisotopic (exact) mass is 323 g/mol. The van der Waals surface area contributed by atoms with Gasteiger partial charge in [0, 0.05) is 11.4 Å². The van der Waals surface area contributed by atoms with E-state index in [0.29, 0.717) is 6.07 Å². The Labute approximate surface area is 99.7 Å². The molecule has 1 aromatic heterocycles. The number of aromatic nitrogens is 1. The topological polar surface area (TPSA) is 22.1 Å². The molecule has 1 rings (SSSR count). The Morgan fingerprint density at radius 3 is 2.35 bits per heavy atom. The molecule has 0 fully saturated rings. The smallest absolute Gasteiger partial charge is 0.387 e. The van der Waals surface area contributed by atoms with Gasteiger partial charge in [-0.25, -0.2) is 18.2 Å². The van der Waals surface area contributed by atoms with E-state index in [-0.39, 0.29) is 5.33 Å². The molecule has 0 bridgehead atoms. The van der Waals surface area contributed by atoms with Crippen LogP contribution in [0.1, 0.15) is 17.7 Å². The summed E-state index contributed by atoms with van der Waals surface area (Å²) < 4.78 is 76.8. The Morgan fingerprint density at radius 2 is 1.94 bits per heavy atom. The Kier molecular flexibility index (Phi) is 4.23. The van der Waals surface area contributed by atoms with Gasteiger partial charge in [0.1, 0.15) is 11.5 Å². The number of alkyl halides is 6. The predicted molar refractivity (Wildman–Crippen MR) is 48.5 cm³/mol. The molecule has 0 aromatic carbocycles. The van der Waals surface area contributed by atoms with Crippen molar-refractivity contribution in [1.82, 2.24) is 4.98 Å². The van der Waals surface area contributed by atoms with Gasteiger partial charge in [-0.2, -0.15) is 0 Å². The second kappa shape index (κ2) is 5.11. The standard InChI is InChI=1S/C8H4BrF6NO/c9-2-3-4(10)1-5(6(11)12)16-7(3)17-8(13,14)15/h1,6H,2H2. The number of pyridine rings is 1. The van der Waals surface area contributed by atoms with E-state index >= 15 is 0 Å². The van der Waals surface area contributed by atoms with Gasteiger partial charge in [0.25, 0.3) is 6.43 Å². The first kappa shape index (κ1) is 14.1. The molecule has 1 heterocycles. The van der Waals surface area contributed by atoms with Crippen LogP contribution in [-0.4, -0.2) is 11.3 Å². The van der Waals surface area contributed by atoms with Gasteiger partial charge in [-0.1, -0.05) is 15.9 Å². The zero-order valence-electron chi connectivity index (χ0n) is 7.86. The summed E-state index contributed by atoms with van der Waals surface area (Å²) in [6.07, 6.45) is -8.32. The van der Waals surface area contributed by atoms with Crippen LogP contribution in [0.5, 0.6) is 5.88 Å². The maximum absolute atomic E-state index is 13.2. The van der Waals surface area contributed by atoms with Crippen molar-refractivity contribution >= 4 is 15.9 Å². The molecule has 0 saturated carbocycles. The van der Waals surface area contributed by atoms with Crippen molar-refractivity contribution in [2.24, 2.45) is 0 Å². The van der Waals surface area contributed by atoms with Crippen molar-refractivity contribution in [3.05, 3.63) is 23.1 Å². The average Bonchev–Trinajstić information content (AvgIpc) is 2.14. The van der Waals surface area contributed by atoms with Gasteiger partial charge >= 0.3 is 6.36 Å². The maximum Gasteiger partial charge on any atom is 0.574 e. The molecule has 0 amide bonds. The van der Waals surface area contributed by atoms with Crippen LogP contribution in [0.3, 0.4) is 0 Å². The molecule has 0 spiro atoms. The molecule has 0 aliphatic heterocycles. The van der Waals surface area contributed by atoms with Gasteiger partial charge in [0.15, 0.2) is 0 Å². The van der Waals surface area contributed by atoms with Gasteiger partial charge in [0.05, 0.1) is 5.56 Å². The highest BCUT2D eigenvalue weighted by molar-refractivity contribution is 9.08. The molecule has 0 unspecified atom stereocenters. The van der Waals surface area contributed by atoms with Gasteiger partial charge < -0.3 is 4.74 Å². The fraction of sp³-hybridized carbons (Fsp3) is 0.375. The highest BCUT2D eigenvalue weighted by atomic mass is 79.9. The zero-order chi connectivity index (χ0) is 13.2. The third kappa shape index (κ3) is 3.76. The van der Waals surface area contributed by atoms with Gasteiger partial charge in [-0.3, -0.25) is 0 Å². The molecule has 17 heavy (non-hydrogen) atoms. The molecule has 9 heteroatoms.